The molecule has 2 rings (SSSR count). The Bertz CT molecular complexity index is 499. The topological polar surface area (TPSA) is 47.0 Å². The van der Waals surface area contributed by atoms with Crippen molar-refractivity contribution in [3.8, 4) is 5.75 Å². The molecule has 2 aromatic rings. The lowest BCUT2D eigenvalue weighted by Crippen LogP contribution is -2.22. The van der Waals surface area contributed by atoms with Crippen LogP contribution >= 0.6 is 0 Å². The van der Waals surface area contributed by atoms with Gasteiger partial charge in [0.1, 0.15) is 12.1 Å². The van der Waals surface area contributed by atoms with E-state index in [2.05, 4.69) is 41.3 Å². The van der Waals surface area contributed by atoms with Crippen LogP contribution in [0.15, 0.2) is 42.9 Å². The van der Waals surface area contributed by atoms with Crippen LogP contribution in [0, 0.1) is 0 Å². The summed E-state index contributed by atoms with van der Waals surface area (Å²) in [5.41, 5.74) is 2.15. The molecule has 0 amide bonds. The second-order valence-corrected chi connectivity index (χ2v) is 4.54. The van der Waals surface area contributed by atoms with Crippen LogP contribution in [-0.2, 0) is 0 Å². The average molecular weight is 271 g/mol. The minimum Gasteiger partial charge on any atom is -0.494 e. The van der Waals surface area contributed by atoms with Crippen LogP contribution < -0.4 is 10.1 Å². The maximum absolute atomic E-state index is 5.61. The number of nitrogens with zero attached hydrogens (tertiary/aromatic N) is 2. The minimum atomic E-state index is 0.0863. The number of nitrogens with one attached hydrogen (secondary N) is 1. The molecule has 0 aliphatic rings. The maximum Gasteiger partial charge on any atom is 0.119 e. The van der Waals surface area contributed by atoms with Gasteiger partial charge in [0.2, 0.25) is 0 Å². The first-order chi connectivity index (χ1) is 9.85. The van der Waals surface area contributed by atoms with Crippen LogP contribution in [0.3, 0.4) is 0 Å². The Morgan fingerprint density at radius 1 is 1.15 bits per heavy atom. The smallest absolute Gasteiger partial charge is 0.119 e. The molecule has 1 heterocycles. The molecule has 0 spiro atoms. The molecule has 0 aliphatic carbocycles. The van der Waals surface area contributed by atoms with Crippen molar-refractivity contribution in [2.24, 2.45) is 0 Å². The van der Waals surface area contributed by atoms with E-state index in [4.69, 9.17) is 4.74 Å². The third kappa shape index (κ3) is 3.78. The van der Waals surface area contributed by atoms with E-state index < -0.39 is 0 Å². The van der Waals surface area contributed by atoms with Gasteiger partial charge in [-0.2, -0.15) is 0 Å². The van der Waals surface area contributed by atoms with Gasteiger partial charge in [-0.05, 0) is 36.7 Å². The number of benzene rings is 1. The lowest BCUT2D eigenvalue weighted by molar-refractivity contribution is 0.317. The van der Waals surface area contributed by atoms with Gasteiger partial charge in [0.15, 0.2) is 0 Å². The molecule has 0 radical (unpaired) electrons. The van der Waals surface area contributed by atoms with Gasteiger partial charge in [-0.25, -0.2) is 9.97 Å². The van der Waals surface area contributed by atoms with Crippen molar-refractivity contribution < 1.29 is 4.74 Å². The van der Waals surface area contributed by atoms with Crippen molar-refractivity contribution in [1.29, 1.82) is 0 Å². The minimum absolute atomic E-state index is 0.0863. The first-order valence-corrected chi connectivity index (χ1v) is 7.07. The van der Waals surface area contributed by atoms with Crippen LogP contribution in [0.25, 0.3) is 0 Å². The number of hydrogen-bond donors (Lipinski definition) is 1. The molecule has 0 fully saturated rings. The zero-order valence-electron chi connectivity index (χ0n) is 12.0. The molecule has 0 saturated heterocycles. The fourth-order valence-electron chi connectivity index (χ4n) is 2.05. The lowest BCUT2D eigenvalue weighted by atomic mass is 10.0. The Labute approximate surface area is 120 Å². The summed E-state index contributed by atoms with van der Waals surface area (Å²) in [4.78, 5) is 8.31. The van der Waals surface area contributed by atoms with Crippen molar-refractivity contribution in [2.75, 3.05) is 13.2 Å². The van der Waals surface area contributed by atoms with Crippen LogP contribution in [0.2, 0.25) is 0 Å². The summed E-state index contributed by atoms with van der Waals surface area (Å²) >= 11 is 0. The van der Waals surface area contributed by atoms with E-state index in [1.54, 1.807) is 12.5 Å². The Morgan fingerprint density at radius 3 is 2.55 bits per heavy atom. The normalized spacial score (nSPS) is 12.1. The zero-order valence-corrected chi connectivity index (χ0v) is 12.0. The molecule has 1 aromatic heterocycles. The summed E-state index contributed by atoms with van der Waals surface area (Å²) in [7, 11) is 0. The number of aromatic nitrogens is 2. The summed E-state index contributed by atoms with van der Waals surface area (Å²) in [6, 6.07) is 10.2. The summed E-state index contributed by atoms with van der Waals surface area (Å²) in [5, 5.41) is 3.45. The number of rotatable bonds is 7. The van der Waals surface area contributed by atoms with E-state index in [0.29, 0.717) is 0 Å². The van der Waals surface area contributed by atoms with Crippen LogP contribution in [0.5, 0.6) is 5.75 Å². The van der Waals surface area contributed by atoms with Crippen molar-refractivity contribution in [2.45, 2.75) is 26.3 Å². The van der Waals surface area contributed by atoms with Gasteiger partial charge in [-0.15, -0.1) is 0 Å². The molecule has 1 N–H and O–H groups in total. The molecule has 0 saturated carbocycles. The lowest BCUT2D eigenvalue weighted by Gasteiger charge is -2.18. The predicted molar refractivity (Wildman–Crippen MR) is 79.8 cm³/mol. The molecule has 106 valence electrons. The molecule has 1 unspecified atom stereocenters. The Morgan fingerprint density at radius 2 is 1.95 bits per heavy atom. The van der Waals surface area contributed by atoms with Gasteiger partial charge in [-0.1, -0.05) is 26.0 Å². The summed E-state index contributed by atoms with van der Waals surface area (Å²) in [6.45, 7) is 5.82. The van der Waals surface area contributed by atoms with Crippen molar-refractivity contribution in [3.63, 3.8) is 0 Å². The first-order valence-electron chi connectivity index (χ1n) is 7.07. The second kappa shape index (κ2) is 7.60. The van der Waals surface area contributed by atoms with E-state index in [0.717, 1.165) is 31.0 Å². The third-order valence-electron chi connectivity index (χ3n) is 3.00. The maximum atomic E-state index is 5.61. The number of ether oxygens (including phenoxy) is 1. The molecule has 4 heteroatoms. The van der Waals surface area contributed by atoms with Gasteiger partial charge in [-0.3, -0.25) is 0 Å². The molecule has 0 aliphatic heterocycles. The van der Waals surface area contributed by atoms with Gasteiger partial charge in [0.05, 0.1) is 18.3 Å². The first kappa shape index (κ1) is 14.5. The fourth-order valence-corrected chi connectivity index (χ4v) is 2.05. The quantitative estimate of drug-likeness (QED) is 0.841. The van der Waals surface area contributed by atoms with E-state index in [1.165, 1.54) is 5.56 Å². The van der Waals surface area contributed by atoms with E-state index >= 15 is 0 Å². The highest BCUT2D eigenvalue weighted by Gasteiger charge is 2.13. The summed E-state index contributed by atoms with van der Waals surface area (Å²) in [6.07, 6.45) is 4.37. The number of hydrogen-bond acceptors (Lipinski definition) is 4. The highest BCUT2D eigenvalue weighted by molar-refractivity contribution is 5.33. The molecule has 20 heavy (non-hydrogen) atoms. The van der Waals surface area contributed by atoms with E-state index in [-0.39, 0.29) is 6.04 Å². The predicted octanol–water partition coefficient (Wildman–Crippen LogP) is 2.96. The van der Waals surface area contributed by atoms with Crippen molar-refractivity contribution in [1.82, 2.24) is 15.3 Å². The van der Waals surface area contributed by atoms with Crippen molar-refractivity contribution >= 4 is 0 Å². The standard InChI is InChI=1S/C16H21N3O/c1-3-11-20-14-7-5-13(6-8-14)16(18-4-2)15-9-10-17-12-19-15/h5-10,12,16,18H,3-4,11H2,1-2H3. The molecule has 4 nitrogen and oxygen atoms in total. The van der Waals surface area contributed by atoms with Gasteiger partial charge in [0.25, 0.3) is 0 Å². The van der Waals surface area contributed by atoms with Crippen LogP contribution in [0.1, 0.15) is 37.6 Å². The van der Waals surface area contributed by atoms with Gasteiger partial charge in [0, 0.05) is 6.20 Å². The van der Waals surface area contributed by atoms with Crippen LogP contribution in [0.4, 0.5) is 0 Å². The van der Waals surface area contributed by atoms with Gasteiger partial charge < -0.3 is 10.1 Å². The van der Waals surface area contributed by atoms with Crippen LogP contribution in [-0.4, -0.2) is 23.1 Å². The fraction of sp³-hybridized carbons (Fsp3) is 0.375. The average Bonchev–Trinajstić information content (AvgIpc) is 2.52. The largest absolute Gasteiger partial charge is 0.494 e. The zero-order chi connectivity index (χ0) is 14.2. The molecule has 1 aromatic carbocycles. The van der Waals surface area contributed by atoms with E-state index in [1.807, 2.05) is 18.2 Å². The van der Waals surface area contributed by atoms with E-state index in [9.17, 15) is 0 Å². The highest BCUT2D eigenvalue weighted by atomic mass is 16.5. The molecule has 0 bridgehead atoms. The van der Waals surface area contributed by atoms with Gasteiger partial charge >= 0.3 is 0 Å². The Hall–Kier alpha value is -1.94. The van der Waals surface area contributed by atoms with Crippen molar-refractivity contribution in [3.05, 3.63) is 54.1 Å². The summed E-state index contributed by atoms with van der Waals surface area (Å²) in [5.74, 6) is 0.911. The third-order valence-corrected chi connectivity index (χ3v) is 3.00. The molecule has 1 atom stereocenters. The summed E-state index contributed by atoms with van der Waals surface area (Å²) < 4.78 is 5.61. The molecular weight excluding hydrogens is 250 g/mol. The monoisotopic (exact) mass is 271 g/mol. The Kier molecular flexibility index (Phi) is 5.50. The Balaban J connectivity index is 2.17. The highest BCUT2D eigenvalue weighted by Crippen LogP contribution is 2.22. The molecular formula is C16H21N3O. The second-order valence-electron chi connectivity index (χ2n) is 4.54. The SMILES string of the molecule is CCCOc1ccc(C(NCC)c2ccncn2)cc1.